The summed E-state index contributed by atoms with van der Waals surface area (Å²) < 4.78 is 85.2. The Morgan fingerprint density at radius 2 is 2.00 bits per heavy atom. The number of sulfonamides is 1. The van der Waals surface area contributed by atoms with E-state index in [0.717, 1.165) is 18.2 Å². The topological polar surface area (TPSA) is 91.4 Å². The predicted molar refractivity (Wildman–Crippen MR) is 107 cm³/mol. The van der Waals surface area contributed by atoms with Crippen LogP contribution in [0, 0.1) is 24.7 Å². The first-order chi connectivity index (χ1) is 15.4. The first-order valence-corrected chi connectivity index (χ1v) is 10.6. The second kappa shape index (κ2) is 8.65. The molecule has 1 fully saturated rings. The molecular formula is C21H16F4N2O5S. The van der Waals surface area contributed by atoms with Crippen molar-refractivity contribution < 1.29 is 40.9 Å². The van der Waals surface area contributed by atoms with Gasteiger partial charge in [0.1, 0.15) is 23.3 Å². The van der Waals surface area contributed by atoms with Gasteiger partial charge in [0.15, 0.2) is 0 Å². The van der Waals surface area contributed by atoms with Gasteiger partial charge in [-0.25, -0.2) is 17.7 Å². The third-order valence-electron chi connectivity index (χ3n) is 5.09. The fourth-order valence-electron chi connectivity index (χ4n) is 3.31. The minimum Gasteiger partial charge on any atom is -0.486 e. The van der Waals surface area contributed by atoms with Crippen LogP contribution in [-0.2, 0) is 16.2 Å². The number of nitrogens with zero attached hydrogens (tertiary/aromatic N) is 2. The Balaban J connectivity index is 1.94. The van der Waals surface area contributed by atoms with E-state index in [4.69, 9.17) is 17.7 Å². The van der Waals surface area contributed by atoms with Crippen molar-refractivity contribution >= 4 is 15.7 Å². The van der Waals surface area contributed by atoms with Crippen LogP contribution in [0.2, 0.25) is 0 Å². The number of hydrogen-bond acceptors (Lipinski definition) is 5. The average Bonchev–Trinajstić information content (AvgIpc) is 3.10. The van der Waals surface area contributed by atoms with E-state index in [0.29, 0.717) is 16.4 Å². The molecule has 2 N–H and O–H groups in total. The molecule has 33 heavy (non-hydrogen) atoms. The fourth-order valence-corrected chi connectivity index (χ4v) is 4.95. The van der Waals surface area contributed by atoms with Crippen LogP contribution < -0.4 is 4.74 Å². The van der Waals surface area contributed by atoms with Gasteiger partial charge in [0.2, 0.25) is 15.7 Å². The summed E-state index contributed by atoms with van der Waals surface area (Å²) >= 11 is 0. The lowest BCUT2D eigenvalue weighted by molar-refractivity contribution is -0.137. The maximum Gasteiger partial charge on any atom is 0.416 e. The Bertz CT molecular complexity index is 1270. The number of aliphatic hydroxyl groups is 2. The number of ether oxygens (including phenoxy) is 1. The van der Waals surface area contributed by atoms with Crippen LogP contribution in [0.4, 0.5) is 23.2 Å². The highest BCUT2D eigenvalue weighted by Crippen LogP contribution is 2.35. The second-order valence-electron chi connectivity index (χ2n) is 7.24. The molecule has 0 radical (unpaired) electrons. The Morgan fingerprint density at radius 3 is 2.55 bits per heavy atom. The number of benzene rings is 2. The van der Waals surface area contributed by atoms with E-state index in [1.807, 2.05) is 5.92 Å². The molecule has 174 valence electrons. The van der Waals surface area contributed by atoms with Crippen LogP contribution in [0.25, 0.3) is 4.85 Å². The third kappa shape index (κ3) is 4.65. The SMILES string of the molecule is [C-]#[N+]c1ccc(O[C@H]2CN(S(=O)(=O)c3ccc(C(F)(F)F)cc3C#C)C[C@@]2(O)CO)cc1F. The normalized spacial score (nSPS) is 21.4. The summed E-state index contributed by atoms with van der Waals surface area (Å²) in [5, 5.41) is 20.4. The highest BCUT2D eigenvalue weighted by molar-refractivity contribution is 7.89. The molecule has 0 bridgehead atoms. The van der Waals surface area contributed by atoms with Crippen molar-refractivity contribution in [3.8, 4) is 18.1 Å². The van der Waals surface area contributed by atoms with Gasteiger partial charge in [-0.3, -0.25) is 0 Å². The van der Waals surface area contributed by atoms with E-state index in [-0.39, 0.29) is 11.4 Å². The third-order valence-corrected chi connectivity index (χ3v) is 6.96. The van der Waals surface area contributed by atoms with Gasteiger partial charge >= 0.3 is 6.18 Å². The zero-order chi connectivity index (χ0) is 24.6. The number of β-amino-alcohol motifs (C(OH)–C–C–N with tert-alkyl or cyclic N) is 1. The highest BCUT2D eigenvalue weighted by atomic mass is 32.2. The molecule has 0 spiro atoms. The summed E-state index contributed by atoms with van der Waals surface area (Å²) in [6, 6.07) is 5.04. The average molecular weight is 484 g/mol. The van der Waals surface area contributed by atoms with Crippen molar-refractivity contribution in [1.29, 1.82) is 0 Å². The maximum absolute atomic E-state index is 13.9. The number of aliphatic hydroxyl groups excluding tert-OH is 1. The molecule has 1 heterocycles. The van der Waals surface area contributed by atoms with Crippen molar-refractivity contribution in [3.05, 3.63) is 64.8 Å². The zero-order valence-electron chi connectivity index (χ0n) is 16.7. The van der Waals surface area contributed by atoms with E-state index < -0.39 is 69.4 Å². The summed E-state index contributed by atoms with van der Waals surface area (Å²) in [5.74, 6) is 0.894. The predicted octanol–water partition coefficient (Wildman–Crippen LogP) is 2.55. The minimum atomic E-state index is -4.74. The number of terminal acetylenes is 1. The maximum atomic E-state index is 13.9. The van der Waals surface area contributed by atoms with Crippen molar-refractivity contribution in [2.24, 2.45) is 0 Å². The molecule has 1 saturated heterocycles. The lowest BCUT2D eigenvalue weighted by Gasteiger charge is -2.27. The van der Waals surface area contributed by atoms with Crippen molar-refractivity contribution in [2.75, 3.05) is 19.7 Å². The first-order valence-electron chi connectivity index (χ1n) is 9.20. The molecule has 0 aromatic heterocycles. The number of alkyl halides is 3. The summed E-state index contributed by atoms with van der Waals surface area (Å²) in [7, 11) is -4.51. The standard InChI is InChI=1S/C21H16F4N2O5S/c1-3-13-8-14(21(23,24)25)4-7-18(13)33(30,31)27-10-19(20(29,11-27)12-28)32-15-5-6-17(26-2)16(22)9-15/h1,4-9,19,28-29H,10-12H2/t19-,20+/m0/s1. The Labute approximate surface area is 186 Å². The van der Waals surface area contributed by atoms with E-state index in [9.17, 15) is 36.2 Å². The van der Waals surface area contributed by atoms with Crippen molar-refractivity contribution in [1.82, 2.24) is 4.31 Å². The summed E-state index contributed by atoms with van der Waals surface area (Å²) in [5.41, 5.74) is -4.05. The summed E-state index contributed by atoms with van der Waals surface area (Å²) in [4.78, 5) is 2.37. The van der Waals surface area contributed by atoms with E-state index in [1.165, 1.54) is 6.07 Å². The molecule has 0 unspecified atom stereocenters. The van der Waals surface area contributed by atoms with E-state index in [1.54, 1.807) is 0 Å². The highest BCUT2D eigenvalue weighted by Gasteiger charge is 2.51. The van der Waals surface area contributed by atoms with Crippen LogP contribution in [0.3, 0.4) is 0 Å². The smallest absolute Gasteiger partial charge is 0.416 e. The molecule has 1 aliphatic rings. The van der Waals surface area contributed by atoms with Crippen molar-refractivity contribution in [3.63, 3.8) is 0 Å². The monoisotopic (exact) mass is 484 g/mol. The quantitative estimate of drug-likeness (QED) is 0.387. The van der Waals surface area contributed by atoms with Gasteiger partial charge in [-0.1, -0.05) is 5.92 Å². The van der Waals surface area contributed by atoms with Crippen LogP contribution in [-0.4, -0.2) is 54.3 Å². The Hall–Kier alpha value is -3.16. The molecule has 0 amide bonds. The number of halogens is 4. The number of hydrogen-bond donors (Lipinski definition) is 2. The fraction of sp³-hybridized carbons (Fsp3) is 0.286. The van der Waals surface area contributed by atoms with Crippen LogP contribution >= 0.6 is 0 Å². The van der Waals surface area contributed by atoms with Gasteiger partial charge in [-0.2, -0.15) is 17.5 Å². The minimum absolute atomic E-state index is 0.130. The second-order valence-corrected chi connectivity index (χ2v) is 9.15. The summed E-state index contributed by atoms with van der Waals surface area (Å²) in [6.07, 6.45) is -0.868. The molecule has 2 aromatic rings. The molecule has 1 aliphatic heterocycles. The van der Waals surface area contributed by atoms with Crippen LogP contribution in [0.15, 0.2) is 41.3 Å². The number of rotatable bonds is 5. The van der Waals surface area contributed by atoms with Gasteiger partial charge in [0.05, 0.1) is 30.2 Å². The van der Waals surface area contributed by atoms with E-state index >= 15 is 0 Å². The molecule has 2 aromatic carbocycles. The first kappa shape index (κ1) is 24.5. The lowest BCUT2D eigenvalue weighted by atomic mass is 10.0. The van der Waals surface area contributed by atoms with Gasteiger partial charge in [-0.05, 0) is 30.3 Å². The van der Waals surface area contributed by atoms with Gasteiger partial charge < -0.3 is 14.9 Å². The molecule has 3 rings (SSSR count). The molecular weight excluding hydrogens is 468 g/mol. The van der Waals surface area contributed by atoms with Gasteiger partial charge in [-0.15, -0.1) is 6.42 Å². The lowest BCUT2D eigenvalue weighted by Crippen LogP contribution is -2.48. The molecule has 12 heteroatoms. The van der Waals surface area contributed by atoms with Gasteiger partial charge in [0.25, 0.3) is 0 Å². The van der Waals surface area contributed by atoms with Crippen LogP contribution in [0.1, 0.15) is 11.1 Å². The molecule has 0 aliphatic carbocycles. The Kier molecular flexibility index (Phi) is 6.42. The largest absolute Gasteiger partial charge is 0.486 e. The molecule has 7 nitrogen and oxygen atoms in total. The van der Waals surface area contributed by atoms with E-state index in [2.05, 4.69) is 4.85 Å². The van der Waals surface area contributed by atoms with Crippen LogP contribution in [0.5, 0.6) is 5.75 Å². The van der Waals surface area contributed by atoms with Crippen molar-refractivity contribution in [2.45, 2.75) is 22.8 Å². The Morgan fingerprint density at radius 1 is 1.30 bits per heavy atom. The zero-order valence-corrected chi connectivity index (χ0v) is 17.5. The summed E-state index contributed by atoms with van der Waals surface area (Å²) in [6.45, 7) is 4.74. The van der Waals surface area contributed by atoms with Gasteiger partial charge in [0, 0.05) is 18.2 Å². The molecule has 0 saturated carbocycles. The molecule has 2 atom stereocenters.